The molecule has 0 bridgehead atoms. The largest absolute Gasteiger partial charge is 0.455 e. The van der Waals surface area contributed by atoms with E-state index in [1.54, 1.807) is 0 Å². The van der Waals surface area contributed by atoms with E-state index in [4.69, 9.17) is 19.4 Å². The van der Waals surface area contributed by atoms with E-state index in [2.05, 4.69) is 117 Å². The molecule has 0 N–H and O–H groups in total. The van der Waals surface area contributed by atoms with Gasteiger partial charge in [0.05, 0.1) is 5.56 Å². The Balaban J connectivity index is 1.28. The SMILES string of the molecule is CC1(C)c2ccccc2-c2c1ccc1oc3c(-c4nc(-c5ccccc5)nc(-c5cccc(-c6ccccc6)c5)n4)cccc3c21. The van der Waals surface area contributed by atoms with Crippen LogP contribution in [0.15, 0.2) is 144 Å². The Morgan fingerprint density at radius 2 is 1.09 bits per heavy atom. The second-order valence-electron chi connectivity index (χ2n) is 12.4. The Labute approximate surface area is 267 Å². The second kappa shape index (κ2) is 10.1. The van der Waals surface area contributed by atoms with Crippen molar-refractivity contribution in [3.63, 3.8) is 0 Å². The summed E-state index contributed by atoms with van der Waals surface area (Å²) in [6.07, 6.45) is 0. The van der Waals surface area contributed by atoms with Crippen molar-refractivity contribution < 1.29 is 4.42 Å². The Morgan fingerprint density at radius 3 is 1.89 bits per heavy atom. The van der Waals surface area contributed by atoms with Gasteiger partial charge < -0.3 is 4.42 Å². The lowest BCUT2D eigenvalue weighted by molar-refractivity contribution is 0.657. The minimum Gasteiger partial charge on any atom is -0.455 e. The maximum absolute atomic E-state index is 6.71. The lowest BCUT2D eigenvalue weighted by atomic mass is 9.82. The fraction of sp³-hybridized carbons (Fsp3) is 0.0714. The molecule has 1 aliphatic rings. The Hall–Kier alpha value is -5.87. The molecule has 0 saturated heterocycles. The van der Waals surface area contributed by atoms with Gasteiger partial charge in [-0.05, 0) is 51.6 Å². The van der Waals surface area contributed by atoms with Crippen LogP contribution in [0.4, 0.5) is 0 Å². The lowest BCUT2D eigenvalue weighted by Crippen LogP contribution is -2.14. The minimum atomic E-state index is -0.0939. The third-order valence-corrected chi connectivity index (χ3v) is 9.34. The van der Waals surface area contributed by atoms with Gasteiger partial charge in [-0.1, -0.05) is 135 Å². The zero-order valence-corrected chi connectivity index (χ0v) is 25.5. The first-order valence-electron chi connectivity index (χ1n) is 15.6. The van der Waals surface area contributed by atoms with Crippen LogP contribution in [0.25, 0.3) is 78.4 Å². The zero-order valence-electron chi connectivity index (χ0n) is 25.5. The van der Waals surface area contributed by atoms with Crippen LogP contribution in [0.1, 0.15) is 25.0 Å². The fourth-order valence-electron chi connectivity index (χ4n) is 7.07. The van der Waals surface area contributed by atoms with E-state index in [9.17, 15) is 0 Å². The Morgan fingerprint density at radius 1 is 0.478 bits per heavy atom. The molecule has 0 unspecified atom stereocenters. The summed E-state index contributed by atoms with van der Waals surface area (Å²) in [7, 11) is 0. The molecule has 2 aromatic heterocycles. The van der Waals surface area contributed by atoms with Crippen molar-refractivity contribution in [3.05, 3.63) is 151 Å². The van der Waals surface area contributed by atoms with Gasteiger partial charge in [0.25, 0.3) is 0 Å². The van der Waals surface area contributed by atoms with E-state index in [0.717, 1.165) is 49.8 Å². The molecule has 0 spiro atoms. The first-order valence-corrected chi connectivity index (χ1v) is 15.6. The summed E-state index contributed by atoms with van der Waals surface area (Å²) < 4.78 is 6.71. The predicted molar refractivity (Wildman–Crippen MR) is 186 cm³/mol. The van der Waals surface area contributed by atoms with Gasteiger partial charge >= 0.3 is 0 Å². The summed E-state index contributed by atoms with van der Waals surface area (Å²) in [5.74, 6) is 1.82. The van der Waals surface area contributed by atoms with Crippen molar-refractivity contribution in [2.45, 2.75) is 19.3 Å². The van der Waals surface area contributed by atoms with Crippen molar-refractivity contribution >= 4 is 21.9 Å². The van der Waals surface area contributed by atoms with Crippen LogP contribution in [0.3, 0.4) is 0 Å². The molecule has 218 valence electrons. The zero-order chi connectivity index (χ0) is 30.8. The number of nitrogens with zero attached hydrogens (tertiary/aromatic N) is 3. The van der Waals surface area contributed by atoms with Gasteiger partial charge in [-0.2, -0.15) is 0 Å². The third kappa shape index (κ3) is 4.04. The molecular formula is C42H29N3O. The number of benzene rings is 6. The monoisotopic (exact) mass is 591 g/mol. The van der Waals surface area contributed by atoms with E-state index < -0.39 is 0 Å². The van der Waals surface area contributed by atoms with Crippen molar-refractivity contribution in [3.8, 4) is 56.4 Å². The van der Waals surface area contributed by atoms with Crippen LogP contribution < -0.4 is 0 Å². The van der Waals surface area contributed by atoms with Gasteiger partial charge in [0, 0.05) is 27.3 Å². The summed E-state index contributed by atoms with van der Waals surface area (Å²) in [5, 5.41) is 2.20. The van der Waals surface area contributed by atoms with Crippen LogP contribution in [0, 0.1) is 0 Å². The highest BCUT2D eigenvalue weighted by Gasteiger charge is 2.37. The standard InChI is InChI=1S/C42H29N3O/c1-42(2)33-22-10-9-19-30(33)36-34(42)23-24-35-37(36)31-20-12-21-32(38(31)46-35)41-44-39(27-15-7-4-8-16-27)43-40(45-41)29-18-11-17-28(25-29)26-13-5-3-6-14-26/h3-25H,1-2H3. The number of rotatable bonds is 4. The molecule has 0 fully saturated rings. The maximum Gasteiger partial charge on any atom is 0.167 e. The summed E-state index contributed by atoms with van der Waals surface area (Å²) in [6.45, 7) is 4.61. The molecule has 0 saturated carbocycles. The van der Waals surface area contributed by atoms with Gasteiger partial charge in [0.15, 0.2) is 17.5 Å². The number of hydrogen-bond donors (Lipinski definition) is 0. The molecule has 0 radical (unpaired) electrons. The molecule has 0 aliphatic heterocycles. The highest BCUT2D eigenvalue weighted by Crippen LogP contribution is 2.53. The molecule has 2 heterocycles. The van der Waals surface area contributed by atoms with Gasteiger partial charge in [0.2, 0.25) is 0 Å². The van der Waals surface area contributed by atoms with Gasteiger partial charge in [-0.15, -0.1) is 0 Å². The molecule has 0 amide bonds. The van der Waals surface area contributed by atoms with Crippen molar-refractivity contribution in [1.29, 1.82) is 0 Å². The van der Waals surface area contributed by atoms with E-state index in [1.165, 1.54) is 22.3 Å². The number of furan rings is 1. The van der Waals surface area contributed by atoms with Crippen molar-refractivity contribution in [2.24, 2.45) is 0 Å². The topological polar surface area (TPSA) is 51.8 Å². The highest BCUT2D eigenvalue weighted by molar-refractivity contribution is 6.17. The molecule has 0 atom stereocenters. The van der Waals surface area contributed by atoms with Crippen LogP contribution in [-0.4, -0.2) is 15.0 Å². The van der Waals surface area contributed by atoms with E-state index >= 15 is 0 Å². The first-order chi connectivity index (χ1) is 22.6. The average molecular weight is 592 g/mol. The molecule has 6 aromatic carbocycles. The fourth-order valence-corrected chi connectivity index (χ4v) is 7.07. The molecule has 4 nitrogen and oxygen atoms in total. The maximum atomic E-state index is 6.71. The highest BCUT2D eigenvalue weighted by atomic mass is 16.3. The first kappa shape index (κ1) is 26.5. The number of fused-ring (bicyclic) bond motifs is 7. The van der Waals surface area contributed by atoms with Crippen LogP contribution in [-0.2, 0) is 5.41 Å². The quantitative estimate of drug-likeness (QED) is 0.204. The average Bonchev–Trinajstić information content (AvgIpc) is 3.61. The third-order valence-electron chi connectivity index (χ3n) is 9.34. The molecule has 46 heavy (non-hydrogen) atoms. The van der Waals surface area contributed by atoms with Crippen molar-refractivity contribution in [2.75, 3.05) is 0 Å². The Bertz CT molecular complexity index is 2440. The lowest BCUT2D eigenvalue weighted by Gasteiger charge is -2.21. The predicted octanol–water partition coefficient (Wildman–Crippen LogP) is 10.7. The molecular weight excluding hydrogens is 562 g/mol. The summed E-state index contributed by atoms with van der Waals surface area (Å²) in [4.78, 5) is 15.1. The Kier molecular flexibility index (Phi) is 5.81. The number of aromatic nitrogens is 3. The van der Waals surface area contributed by atoms with Gasteiger partial charge in [-0.3, -0.25) is 0 Å². The van der Waals surface area contributed by atoms with Gasteiger partial charge in [-0.25, -0.2) is 15.0 Å². The smallest absolute Gasteiger partial charge is 0.167 e. The minimum absolute atomic E-state index is 0.0939. The van der Waals surface area contributed by atoms with E-state index in [1.807, 2.05) is 36.4 Å². The molecule has 8 aromatic rings. The summed E-state index contributed by atoms with van der Waals surface area (Å²) in [5.41, 5.74) is 11.7. The number of hydrogen-bond acceptors (Lipinski definition) is 4. The summed E-state index contributed by atoms with van der Waals surface area (Å²) in [6, 6.07) is 48.2. The second-order valence-corrected chi connectivity index (χ2v) is 12.4. The molecule has 1 aliphatic carbocycles. The van der Waals surface area contributed by atoms with Gasteiger partial charge in [0.1, 0.15) is 11.2 Å². The summed E-state index contributed by atoms with van der Waals surface area (Å²) >= 11 is 0. The van der Waals surface area contributed by atoms with Crippen LogP contribution in [0.5, 0.6) is 0 Å². The van der Waals surface area contributed by atoms with Crippen molar-refractivity contribution in [1.82, 2.24) is 15.0 Å². The normalized spacial score (nSPS) is 13.2. The van der Waals surface area contributed by atoms with Crippen LogP contribution in [0.2, 0.25) is 0 Å². The number of para-hydroxylation sites is 1. The molecule has 9 rings (SSSR count). The molecule has 4 heteroatoms. The van der Waals surface area contributed by atoms with Crippen LogP contribution >= 0.6 is 0 Å². The van der Waals surface area contributed by atoms with E-state index in [-0.39, 0.29) is 5.41 Å². The van der Waals surface area contributed by atoms with E-state index in [0.29, 0.717) is 17.5 Å².